The number of nitrogens with zero attached hydrogens (tertiary/aromatic N) is 3. The van der Waals surface area contributed by atoms with Crippen LogP contribution in [0.4, 0.5) is 5.69 Å². The van der Waals surface area contributed by atoms with Gasteiger partial charge in [0.1, 0.15) is 22.8 Å². The first kappa shape index (κ1) is 28.1. The average Bonchev–Trinajstić information content (AvgIpc) is 3.38. The summed E-state index contributed by atoms with van der Waals surface area (Å²) in [5.74, 6) is -6.24. The van der Waals surface area contributed by atoms with Gasteiger partial charge in [0.2, 0.25) is 5.78 Å². The normalized spacial score (nSPS) is 26.7. The average molecular weight is 555 g/mol. The third-order valence-electron chi connectivity index (χ3n) is 9.00. The summed E-state index contributed by atoms with van der Waals surface area (Å²) in [6.45, 7) is 4.61. The van der Waals surface area contributed by atoms with E-state index >= 15 is 0 Å². The summed E-state index contributed by atoms with van der Waals surface area (Å²) in [7, 11) is 5.80. The van der Waals surface area contributed by atoms with Gasteiger partial charge in [0.25, 0.3) is 5.91 Å². The van der Waals surface area contributed by atoms with Crippen LogP contribution in [0.3, 0.4) is 0 Å². The van der Waals surface area contributed by atoms with Crippen molar-refractivity contribution < 1.29 is 34.8 Å². The van der Waals surface area contributed by atoms with E-state index in [1.807, 2.05) is 26.0 Å². The van der Waals surface area contributed by atoms with E-state index in [0.29, 0.717) is 12.1 Å². The van der Waals surface area contributed by atoms with Crippen molar-refractivity contribution in [1.29, 1.82) is 0 Å². The van der Waals surface area contributed by atoms with Crippen LogP contribution in [-0.2, 0) is 27.3 Å². The minimum Gasteiger partial charge on any atom is -0.508 e. The largest absolute Gasteiger partial charge is 0.508 e. The minimum atomic E-state index is -2.56. The summed E-state index contributed by atoms with van der Waals surface area (Å²) in [6, 6.07) is 1.60. The second-order valence-electron chi connectivity index (χ2n) is 11.8. The molecule has 0 aromatic heterocycles. The van der Waals surface area contributed by atoms with Crippen molar-refractivity contribution in [2.24, 2.45) is 17.6 Å². The van der Waals surface area contributed by atoms with Gasteiger partial charge < -0.3 is 40.9 Å². The molecule has 1 aliphatic heterocycles. The first-order valence-corrected chi connectivity index (χ1v) is 13.8. The maximum absolute atomic E-state index is 13.7. The fourth-order valence-electron chi connectivity index (χ4n) is 7.11. The quantitative estimate of drug-likeness (QED) is 0.307. The smallest absolute Gasteiger partial charge is 0.255 e. The molecular formula is C29H38N4O7. The fourth-order valence-corrected chi connectivity index (χ4v) is 7.11. The summed E-state index contributed by atoms with van der Waals surface area (Å²) < 4.78 is 0. The lowest BCUT2D eigenvalue weighted by atomic mass is 9.59. The number of fused-ring (bicyclic) bond motifs is 3. The number of aromatic hydroxyl groups is 1. The maximum atomic E-state index is 13.7. The highest BCUT2D eigenvalue weighted by Crippen LogP contribution is 2.53. The van der Waals surface area contributed by atoms with Crippen LogP contribution in [0.2, 0.25) is 0 Å². The van der Waals surface area contributed by atoms with Crippen molar-refractivity contribution in [3.05, 3.63) is 39.7 Å². The number of anilines is 1. The summed E-state index contributed by atoms with van der Waals surface area (Å²) in [6.07, 6.45) is 2.50. The number of aliphatic hydroxyl groups is 3. The number of primary amides is 1. The Kier molecular flexibility index (Phi) is 7.18. The van der Waals surface area contributed by atoms with E-state index in [1.54, 1.807) is 6.07 Å². The number of hydrogen-bond acceptors (Lipinski definition) is 10. The Morgan fingerprint density at radius 1 is 1.12 bits per heavy atom. The third kappa shape index (κ3) is 4.36. The molecule has 1 unspecified atom stereocenters. The molecule has 3 atom stereocenters. The zero-order valence-corrected chi connectivity index (χ0v) is 23.2. The molecular weight excluding hydrogens is 516 g/mol. The van der Waals surface area contributed by atoms with Crippen LogP contribution in [0.25, 0.3) is 5.76 Å². The van der Waals surface area contributed by atoms with Crippen molar-refractivity contribution in [2.45, 2.75) is 44.2 Å². The van der Waals surface area contributed by atoms with Gasteiger partial charge in [0, 0.05) is 57.3 Å². The van der Waals surface area contributed by atoms with Crippen LogP contribution in [0.1, 0.15) is 42.4 Å². The number of benzene rings is 1. The molecule has 1 aromatic rings. The first-order chi connectivity index (χ1) is 18.9. The molecule has 0 radical (unpaired) electrons. The van der Waals surface area contributed by atoms with Gasteiger partial charge >= 0.3 is 0 Å². The van der Waals surface area contributed by atoms with Crippen LogP contribution in [0.5, 0.6) is 5.75 Å². The highest BCUT2D eigenvalue weighted by atomic mass is 16.3. The Labute approximate surface area is 233 Å². The van der Waals surface area contributed by atoms with Gasteiger partial charge in [-0.3, -0.25) is 14.4 Å². The SMILES string of the molecule is CN(CCN1CCCC1)Cc1cc(O)c2c(c1N(C)C)CC1C[C@H]3CC(=O)C(C(N)=O)=C(O)[C@@]3(O)C(=O)C1=C2O. The molecule has 216 valence electrons. The van der Waals surface area contributed by atoms with Gasteiger partial charge in [-0.2, -0.15) is 0 Å². The van der Waals surface area contributed by atoms with Crippen molar-refractivity contribution in [3.63, 3.8) is 0 Å². The Morgan fingerprint density at radius 3 is 2.42 bits per heavy atom. The Bertz CT molecular complexity index is 1340. The molecule has 11 heteroatoms. The number of hydrogen-bond donors (Lipinski definition) is 5. The number of nitrogens with two attached hydrogens (primary N) is 1. The summed E-state index contributed by atoms with van der Waals surface area (Å²) in [5, 5.41) is 44.7. The lowest BCUT2D eigenvalue weighted by Gasteiger charge is -2.46. The molecule has 1 saturated heterocycles. The number of aliphatic hydroxyl groups excluding tert-OH is 2. The number of Topliss-reactive ketones (excluding diaryl/α,β-unsaturated/α-hetero) is 2. The lowest BCUT2D eigenvalue weighted by Crippen LogP contribution is -2.58. The van der Waals surface area contributed by atoms with Gasteiger partial charge in [-0.1, -0.05) is 0 Å². The summed E-state index contributed by atoms with van der Waals surface area (Å²) in [4.78, 5) is 44.7. The van der Waals surface area contributed by atoms with E-state index in [-0.39, 0.29) is 36.1 Å². The number of amides is 1. The molecule has 1 heterocycles. The summed E-state index contributed by atoms with van der Waals surface area (Å²) >= 11 is 0. The number of likely N-dealkylation sites (N-methyl/N-ethyl adjacent to an activating group) is 1. The van der Waals surface area contributed by atoms with Gasteiger partial charge in [0.05, 0.1) is 5.56 Å². The van der Waals surface area contributed by atoms with Crippen molar-refractivity contribution in [2.75, 3.05) is 52.2 Å². The van der Waals surface area contributed by atoms with Crippen LogP contribution >= 0.6 is 0 Å². The Balaban J connectivity index is 1.54. The van der Waals surface area contributed by atoms with Crippen molar-refractivity contribution in [3.8, 4) is 5.75 Å². The number of ketones is 2. The monoisotopic (exact) mass is 554 g/mol. The van der Waals surface area contributed by atoms with Crippen molar-refractivity contribution >= 4 is 28.9 Å². The van der Waals surface area contributed by atoms with Crippen LogP contribution < -0.4 is 10.6 Å². The highest BCUT2D eigenvalue weighted by molar-refractivity contribution is 6.22. The zero-order chi connectivity index (χ0) is 29.1. The second-order valence-corrected chi connectivity index (χ2v) is 11.8. The van der Waals surface area contributed by atoms with Gasteiger partial charge in [-0.15, -0.1) is 0 Å². The Hall–Kier alpha value is -3.41. The molecule has 5 rings (SSSR count). The van der Waals surface area contributed by atoms with E-state index < -0.39 is 52.0 Å². The van der Waals surface area contributed by atoms with E-state index in [1.165, 1.54) is 12.8 Å². The van der Waals surface area contributed by atoms with Crippen LogP contribution in [-0.4, -0.2) is 101 Å². The lowest BCUT2D eigenvalue weighted by molar-refractivity contribution is -0.147. The van der Waals surface area contributed by atoms with E-state index in [2.05, 4.69) is 9.80 Å². The predicted octanol–water partition coefficient (Wildman–Crippen LogP) is 1.02. The molecule has 0 spiro atoms. The van der Waals surface area contributed by atoms with Crippen molar-refractivity contribution in [1.82, 2.24) is 9.80 Å². The van der Waals surface area contributed by atoms with E-state index in [4.69, 9.17) is 5.73 Å². The van der Waals surface area contributed by atoms with Crippen LogP contribution in [0, 0.1) is 11.8 Å². The number of likely N-dealkylation sites (tertiary alicyclic amines) is 1. The molecule has 1 aromatic carbocycles. The summed E-state index contributed by atoms with van der Waals surface area (Å²) in [5.41, 5.74) is 4.26. The molecule has 4 aliphatic rings. The predicted molar refractivity (Wildman–Crippen MR) is 148 cm³/mol. The molecule has 6 N–H and O–H groups in total. The number of phenols is 1. The Morgan fingerprint density at radius 2 is 1.80 bits per heavy atom. The maximum Gasteiger partial charge on any atom is 0.255 e. The fraction of sp³-hybridized carbons (Fsp3) is 0.552. The van der Waals surface area contributed by atoms with Gasteiger partial charge in [0.15, 0.2) is 11.4 Å². The molecule has 1 amide bonds. The number of rotatable bonds is 7. The second kappa shape index (κ2) is 10.2. The molecule has 11 nitrogen and oxygen atoms in total. The molecule has 2 fully saturated rings. The third-order valence-corrected chi connectivity index (χ3v) is 9.00. The highest BCUT2D eigenvalue weighted by Gasteiger charge is 2.60. The zero-order valence-electron chi connectivity index (χ0n) is 23.2. The number of phenolic OH excluding ortho intramolecular Hbond substituents is 1. The first-order valence-electron chi connectivity index (χ1n) is 13.8. The standard InChI is InChI=1S/C29H38N4O7/c1-31(2)24-16(14-32(3)8-9-33-6-4-5-7-33)12-19(34)22-18(24)11-15-10-17-13-20(35)23(28(30)39)27(38)29(17,40)26(37)21(15)25(22)36/h12,15,17,34,36,38,40H,4-11,13-14H2,1-3H3,(H2,30,39)/t15?,17-,29-/m0/s1. The van der Waals surface area contributed by atoms with E-state index in [0.717, 1.165) is 37.4 Å². The topological polar surface area (TPSA) is 168 Å². The number of carbonyl (C=O) groups excluding carboxylic acids is 3. The molecule has 3 aliphatic carbocycles. The molecule has 0 bridgehead atoms. The van der Waals surface area contributed by atoms with E-state index in [9.17, 15) is 34.8 Å². The molecule has 1 saturated carbocycles. The number of carbonyl (C=O) groups is 3. The minimum absolute atomic E-state index is 0.108. The molecule has 40 heavy (non-hydrogen) atoms. The van der Waals surface area contributed by atoms with Gasteiger partial charge in [-0.05, 0) is 68.9 Å². The van der Waals surface area contributed by atoms with Gasteiger partial charge in [-0.25, -0.2) is 0 Å². The van der Waals surface area contributed by atoms with Crippen LogP contribution in [0.15, 0.2) is 23.0 Å².